The van der Waals surface area contributed by atoms with E-state index in [0.717, 1.165) is 17.5 Å². The number of aryl methyl sites for hydroxylation is 3. The summed E-state index contributed by atoms with van der Waals surface area (Å²) in [6.45, 7) is 6.95. The molecule has 8 heteroatoms. The van der Waals surface area contributed by atoms with Crippen LogP contribution in [0.15, 0.2) is 65.7 Å². The zero-order valence-corrected chi connectivity index (χ0v) is 20.2. The van der Waals surface area contributed by atoms with Crippen LogP contribution in [0.3, 0.4) is 0 Å². The van der Waals surface area contributed by atoms with Crippen molar-refractivity contribution in [2.45, 2.75) is 32.1 Å². The number of sulfonamides is 1. The maximum absolute atomic E-state index is 12.8. The van der Waals surface area contributed by atoms with Crippen LogP contribution in [-0.2, 0) is 10.0 Å². The summed E-state index contributed by atoms with van der Waals surface area (Å²) in [5.74, 6) is -0.842. The molecule has 1 aliphatic heterocycles. The van der Waals surface area contributed by atoms with Gasteiger partial charge in [0.25, 0.3) is 10.0 Å². The van der Waals surface area contributed by atoms with Crippen LogP contribution in [-0.4, -0.2) is 37.6 Å². The molecule has 2 aromatic carbocycles. The summed E-state index contributed by atoms with van der Waals surface area (Å²) >= 11 is 0. The number of nitrogens with zero attached hydrogens (tertiary/aromatic N) is 2. The Hall–Kier alpha value is -3.65. The number of carboxylic acid groups (broad SMARTS) is 1. The van der Waals surface area contributed by atoms with Gasteiger partial charge in [-0.25, -0.2) is 18.2 Å². The van der Waals surface area contributed by atoms with Gasteiger partial charge in [0.15, 0.2) is 0 Å². The third-order valence-corrected chi connectivity index (χ3v) is 7.52. The van der Waals surface area contributed by atoms with Gasteiger partial charge in [-0.15, -0.1) is 0 Å². The van der Waals surface area contributed by atoms with E-state index in [1.807, 2.05) is 30.9 Å². The number of benzene rings is 2. The topological polar surface area (TPSA) is 99.6 Å². The molecule has 0 radical (unpaired) electrons. The van der Waals surface area contributed by atoms with Crippen LogP contribution in [0.2, 0.25) is 0 Å². The van der Waals surface area contributed by atoms with E-state index in [2.05, 4.69) is 34.8 Å². The van der Waals surface area contributed by atoms with Gasteiger partial charge in [0.2, 0.25) is 0 Å². The van der Waals surface area contributed by atoms with Crippen LogP contribution < -0.4 is 9.62 Å². The third kappa shape index (κ3) is 4.82. The molecule has 7 nitrogen and oxygen atoms in total. The molecule has 176 valence electrons. The Balaban J connectivity index is 1.58. The highest BCUT2D eigenvalue weighted by atomic mass is 32.2. The van der Waals surface area contributed by atoms with Gasteiger partial charge in [0.05, 0.1) is 16.8 Å². The molecule has 0 amide bonds. The number of anilines is 2. The normalized spacial score (nSPS) is 14.0. The molecule has 0 bridgehead atoms. The summed E-state index contributed by atoms with van der Waals surface area (Å²) in [5.41, 5.74) is 5.52. The minimum Gasteiger partial charge on any atom is -0.478 e. The van der Waals surface area contributed by atoms with Crippen LogP contribution in [0, 0.1) is 20.8 Å². The van der Waals surface area contributed by atoms with Crippen molar-refractivity contribution < 1.29 is 18.3 Å². The molecular formula is C26H27N3O4S. The molecule has 2 N–H and O–H groups in total. The van der Waals surface area contributed by atoms with E-state index in [9.17, 15) is 18.3 Å². The van der Waals surface area contributed by atoms with Crippen molar-refractivity contribution in [2.75, 3.05) is 22.7 Å². The van der Waals surface area contributed by atoms with E-state index in [-0.39, 0.29) is 16.1 Å². The average molecular weight is 478 g/mol. The summed E-state index contributed by atoms with van der Waals surface area (Å²) in [6, 6.07) is 14.4. The predicted octanol–water partition coefficient (Wildman–Crippen LogP) is 4.80. The monoisotopic (exact) mass is 477 g/mol. The van der Waals surface area contributed by atoms with Crippen molar-refractivity contribution in [1.29, 1.82) is 0 Å². The van der Waals surface area contributed by atoms with Crippen molar-refractivity contribution in [2.24, 2.45) is 0 Å². The van der Waals surface area contributed by atoms with Crippen LogP contribution in [0.25, 0.3) is 5.57 Å². The number of aromatic nitrogens is 1. The molecule has 3 aromatic rings. The van der Waals surface area contributed by atoms with Gasteiger partial charge in [-0.2, -0.15) is 0 Å². The Kier molecular flexibility index (Phi) is 6.43. The van der Waals surface area contributed by atoms with Gasteiger partial charge in [0.1, 0.15) is 11.4 Å². The van der Waals surface area contributed by atoms with Gasteiger partial charge < -0.3 is 10.0 Å². The number of carboxylic acids is 1. The van der Waals surface area contributed by atoms with Crippen molar-refractivity contribution >= 4 is 33.1 Å². The number of aromatic carboxylic acids is 1. The van der Waals surface area contributed by atoms with Crippen LogP contribution >= 0.6 is 0 Å². The summed E-state index contributed by atoms with van der Waals surface area (Å²) in [6.07, 6.45) is 4.21. The van der Waals surface area contributed by atoms with Crippen molar-refractivity contribution in [3.63, 3.8) is 0 Å². The first-order chi connectivity index (χ1) is 16.2. The van der Waals surface area contributed by atoms with Crippen LogP contribution in [0.1, 0.15) is 39.0 Å². The lowest BCUT2D eigenvalue weighted by Gasteiger charge is -2.29. The third-order valence-electron chi connectivity index (χ3n) is 6.14. The second kappa shape index (κ2) is 9.30. The SMILES string of the molecule is Cc1ccc(S(=O)(=O)Nc2cnc(N3CC=C(c4ccccc4C)CC3)c(C(=O)O)c2)cc1C. The molecule has 34 heavy (non-hydrogen) atoms. The molecule has 0 saturated carbocycles. The molecule has 0 spiro atoms. The molecule has 1 aromatic heterocycles. The van der Waals surface area contributed by atoms with Crippen molar-refractivity contribution in [1.82, 2.24) is 4.98 Å². The Bertz CT molecular complexity index is 1400. The summed E-state index contributed by atoms with van der Waals surface area (Å²) < 4.78 is 28.1. The fourth-order valence-electron chi connectivity index (χ4n) is 4.06. The minimum atomic E-state index is -3.88. The van der Waals surface area contributed by atoms with Crippen LogP contribution in [0.4, 0.5) is 11.5 Å². The van der Waals surface area contributed by atoms with Gasteiger partial charge in [-0.3, -0.25) is 4.72 Å². The number of nitrogens with one attached hydrogen (secondary N) is 1. The zero-order valence-electron chi connectivity index (χ0n) is 19.4. The fraction of sp³-hybridized carbons (Fsp3) is 0.231. The van der Waals surface area contributed by atoms with Gasteiger partial charge >= 0.3 is 5.97 Å². The Morgan fingerprint density at radius 3 is 2.44 bits per heavy atom. The van der Waals surface area contributed by atoms with E-state index in [1.165, 1.54) is 35.0 Å². The van der Waals surface area contributed by atoms with Gasteiger partial charge in [-0.1, -0.05) is 36.4 Å². The highest BCUT2D eigenvalue weighted by Gasteiger charge is 2.23. The second-order valence-corrected chi connectivity index (χ2v) is 10.2. The summed E-state index contributed by atoms with van der Waals surface area (Å²) in [5, 5.41) is 9.81. The van der Waals surface area contributed by atoms with Crippen LogP contribution in [0.5, 0.6) is 0 Å². The zero-order chi connectivity index (χ0) is 24.5. The first-order valence-corrected chi connectivity index (χ1v) is 12.5. The maximum atomic E-state index is 12.8. The van der Waals surface area contributed by atoms with Crippen molar-refractivity contribution in [3.8, 4) is 0 Å². The van der Waals surface area contributed by atoms with Gasteiger partial charge in [0, 0.05) is 13.1 Å². The first-order valence-electron chi connectivity index (χ1n) is 11.0. The Morgan fingerprint density at radius 2 is 1.79 bits per heavy atom. The minimum absolute atomic E-state index is 0.0481. The van der Waals surface area contributed by atoms with Crippen molar-refractivity contribution in [3.05, 3.63) is 88.6 Å². The predicted molar refractivity (Wildman–Crippen MR) is 134 cm³/mol. The molecule has 1 aliphatic rings. The fourth-order valence-corrected chi connectivity index (χ4v) is 5.18. The lowest BCUT2D eigenvalue weighted by atomic mass is 9.95. The van der Waals surface area contributed by atoms with E-state index in [0.29, 0.717) is 18.9 Å². The smallest absolute Gasteiger partial charge is 0.339 e. The maximum Gasteiger partial charge on any atom is 0.339 e. The Morgan fingerprint density at radius 1 is 1.03 bits per heavy atom. The quantitative estimate of drug-likeness (QED) is 0.529. The largest absolute Gasteiger partial charge is 0.478 e. The lowest BCUT2D eigenvalue weighted by molar-refractivity contribution is 0.0697. The molecule has 2 heterocycles. The molecule has 0 unspecified atom stereocenters. The highest BCUT2D eigenvalue weighted by molar-refractivity contribution is 7.92. The molecule has 0 saturated heterocycles. The number of rotatable bonds is 6. The highest BCUT2D eigenvalue weighted by Crippen LogP contribution is 2.30. The number of carbonyl (C=O) groups is 1. The van der Waals surface area contributed by atoms with E-state index >= 15 is 0 Å². The van der Waals surface area contributed by atoms with E-state index in [1.54, 1.807) is 12.1 Å². The van der Waals surface area contributed by atoms with E-state index in [4.69, 9.17) is 0 Å². The molecule has 0 fully saturated rings. The number of hydrogen-bond donors (Lipinski definition) is 2. The Labute approximate surface area is 199 Å². The standard InChI is InChI=1S/C26H27N3O4S/c1-17-8-9-22(14-19(17)3)34(32,33)28-21-15-24(26(30)31)25(27-16-21)29-12-10-20(11-13-29)23-7-5-4-6-18(23)2/h4-10,14-16,28H,11-13H2,1-3H3,(H,30,31). The summed E-state index contributed by atoms with van der Waals surface area (Å²) in [4.78, 5) is 18.4. The lowest BCUT2D eigenvalue weighted by Crippen LogP contribution is -2.31. The summed E-state index contributed by atoms with van der Waals surface area (Å²) in [7, 11) is -3.88. The average Bonchev–Trinajstić information content (AvgIpc) is 2.81. The molecule has 0 aliphatic carbocycles. The first kappa shape index (κ1) is 23.5. The molecule has 4 rings (SSSR count). The number of pyridine rings is 1. The molecular weight excluding hydrogens is 450 g/mol. The van der Waals surface area contributed by atoms with Gasteiger partial charge in [-0.05, 0) is 73.2 Å². The molecule has 0 atom stereocenters. The number of hydrogen-bond acceptors (Lipinski definition) is 5. The van der Waals surface area contributed by atoms with E-state index < -0.39 is 16.0 Å². The second-order valence-electron chi connectivity index (χ2n) is 8.49.